The van der Waals surface area contributed by atoms with Gasteiger partial charge in [0.2, 0.25) is 0 Å². The highest BCUT2D eigenvalue weighted by Gasteiger charge is 2.38. The molecular formula is C39H45F3N2O2. The fourth-order valence-corrected chi connectivity index (χ4v) is 6.45. The second-order valence-electron chi connectivity index (χ2n) is 12.3. The predicted octanol–water partition coefficient (Wildman–Crippen LogP) is 11.0. The van der Waals surface area contributed by atoms with E-state index >= 15 is 0 Å². The highest BCUT2D eigenvalue weighted by Crippen LogP contribution is 2.43. The van der Waals surface area contributed by atoms with Crippen molar-refractivity contribution < 1.29 is 22.7 Å². The Bertz CT molecular complexity index is 1750. The van der Waals surface area contributed by atoms with Crippen LogP contribution in [0.1, 0.15) is 106 Å². The molecule has 1 aliphatic rings. The molecule has 4 aromatic rings. The average Bonchev–Trinajstić information content (AvgIpc) is 3.51. The third-order valence-electron chi connectivity index (χ3n) is 8.70. The van der Waals surface area contributed by atoms with Gasteiger partial charge in [-0.2, -0.15) is 13.2 Å². The van der Waals surface area contributed by atoms with Crippen molar-refractivity contribution in [3.05, 3.63) is 118 Å². The third-order valence-corrected chi connectivity index (χ3v) is 8.70. The summed E-state index contributed by atoms with van der Waals surface area (Å²) >= 11 is 0. The van der Waals surface area contributed by atoms with Crippen molar-refractivity contribution in [3.63, 3.8) is 0 Å². The van der Waals surface area contributed by atoms with Crippen LogP contribution in [0.15, 0.2) is 89.1 Å². The molecule has 0 radical (unpaired) electrons. The first-order chi connectivity index (χ1) is 21.8. The number of aromatic nitrogens is 1. The number of hydrogen-bond acceptors (Lipinski definition) is 3. The highest BCUT2D eigenvalue weighted by atomic mass is 19.4. The molecule has 1 aliphatic heterocycles. The standard InChI is InChI=1S/C25H25F3N2O.C14H20O/c1-15(2)22(29-16(3)19-9-8-10-20(13-19)25(26,27)28)14-30-17(4)24(18(5)31)21-11-6-7-12-23(21)30;1-3-9-14(10-4-2)13-8-6-5-7-12(13)11-15-14/h6-13H,14H2,1-5H3;5-8H,3-4,9-11H2,1-2H3. The number of carbonyl (C=O) groups excluding carboxylic acids is 1. The van der Waals surface area contributed by atoms with Crippen LogP contribution in [-0.4, -0.2) is 16.1 Å². The van der Waals surface area contributed by atoms with Crippen molar-refractivity contribution >= 4 is 22.4 Å². The minimum absolute atomic E-state index is 0.00477. The lowest BCUT2D eigenvalue weighted by molar-refractivity contribution is -0.137. The summed E-state index contributed by atoms with van der Waals surface area (Å²) in [5, 5.41) is 0.888. The molecule has 0 saturated heterocycles. The predicted molar refractivity (Wildman–Crippen MR) is 181 cm³/mol. The van der Waals surface area contributed by atoms with E-state index in [1.54, 1.807) is 19.9 Å². The zero-order valence-electron chi connectivity index (χ0n) is 28.0. The Balaban J connectivity index is 0.000000266. The monoisotopic (exact) mass is 630 g/mol. The van der Waals surface area contributed by atoms with Crippen LogP contribution in [0, 0.1) is 6.92 Å². The van der Waals surface area contributed by atoms with E-state index in [2.05, 4.69) is 43.1 Å². The molecule has 0 saturated carbocycles. The smallest absolute Gasteiger partial charge is 0.366 e. The van der Waals surface area contributed by atoms with E-state index in [4.69, 9.17) is 4.74 Å². The van der Waals surface area contributed by atoms with E-state index in [1.807, 2.05) is 49.6 Å². The first kappa shape index (κ1) is 34.9. The van der Waals surface area contributed by atoms with Crippen LogP contribution >= 0.6 is 0 Å². The van der Waals surface area contributed by atoms with Gasteiger partial charge in [0.1, 0.15) is 0 Å². The number of hydrogen-bond donors (Lipinski definition) is 0. The summed E-state index contributed by atoms with van der Waals surface area (Å²) in [4.78, 5) is 16.9. The molecular weight excluding hydrogens is 585 g/mol. The van der Waals surface area contributed by atoms with E-state index in [0.29, 0.717) is 23.4 Å². The van der Waals surface area contributed by atoms with Crippen molar-refractivity contribution in [1.29, 1.82) is 0 Å². The number of halogens is 3. The largest absolute Gasteiger partial charge is 0.416 e. The zero-order valence-corrected chi connectivity index (χ0v) is 28.0. The van der Waals surface area contributed by atoms with Crippen LogP contribution in [0.4, 0.5) is 13.2 Å². The lowest BCUT2D eigenvalue weighted by Gasteiger charge is -2.29. The van der Waals surface area contributed by atoms with Gasteiger partial charge in [0.05, 0.1) is 30.0 Å². The first-order valence-corrected chi connectivity index (χ1v) is 16.0. The third kappa shape index (κ3) is 7.52. The Morgan fingerprint density at radius 2 is 1.57 bits per heavy atom. The van der Waals surface area contributed by atoms with Crippen molar-refractivity contribution in [1.82, 2.24) is 4.57 Å². The quantitative estimate of drug-likeness (QED) is 0.136. The summed E-state index contributed by atoms with van der Waals surface area (Å²) < 4.78 is 47.4. The molecule has 5 rings (SSSR count). The van der Waals surface area contributed by atoms with Crippen LogP contribution in [0.3, 0.4) is 0 Å². The van der Waals surface area contributed by atoms with Crippen LogP contribution in [0.2, 0.25) is 0 Å². The molecule has 0 fully saturated rings. The Hall–Kier alpha value is -3.97. The molecule has 0 N–H and O–H groups in total. The number of Topliss-reactive ketones (excluding diaryl/α,β-unsaturated/α-hetero) is 1. The fraction of sp³-hybridized carbons (Fsp3) is 0.385. The summed E-state index contributed by atoms with van der Waals surface area (Å²) in [7, 11) is 0. The lowest BCUT2D eigenvalue weighted by Crippen LogP contribution is -2.24. The average molecular weight is 631 g/mol. The minimum Gasteiger partial charge on any atom is -0.366 e. The molecule has 0 unspecified atom stereocenters. The minimum atomic E-state index is -4.40. The molecule has 244 valence electrons. The Morgan fingerprint density at radius 3 is 2.20 bits per heavy atom. The summed E-state index contributed by atoms with van der Waals surface area (Å²) in [6.07, 6.45) is 0.276. The molecule has 46 heavy (non-hydrogen) atoms. The molecule has 0 bridgehead atoms. The van der Waals surface area contributed by atoms with Gasteiger partial charge < -0.3 is 9.30 Å². The SMILES string of the molecule is CC(=O)c1c(C)n(CC(N=C(C)c2cccc(C(F)(F)F)c2)=C(C)C)c2ccccc12.CCCC1(CCC)OCc2ccccc21. The fourth-order valence-electron chi connectivity index (χ4n) is 6.45. The van der Waals surface area contributed by atoms with E-state index in [0.717, 1.165) is 59.4 Å². The van der Waals surface area contributed by atoms with Gasteiger partial charge in [0.25, 0.3) is 0 Å². The second-order valence-corrected chi connectivity index (χ2v) is 12.3. The van der Waals surface area contributed by atoms with Gasteiger partial charge in [0.15, 0.2) is 5.78 Å². The van der Waals surface area contributed by atoms with Crippen molar-refractivity contribution in [2.75, 3.05) is 0 Å². The summed E-state index contributed by atoms with van der Waals surface area (Å²) in [6, 6.07) is 21.6. The van der Waals surface area contributed by atoms with Crippen molar-refractivity contribution in [2.24, 2.45) is 4.99 Å². The Kier molecular flexibility index (Phi) is 11.1. The number of ketones is 1. The van der Waals surface area contributed by atoms with E-state index in [9.17, 15) is 18.0 Å². The van der Waals surface area contributed by atoms with Gasteiger partial charge >= 0.3 is 6.18 Å². The summed E-state index contributed by atoms with van der Waals surface area (Å²) in [5.41, 5.74) is 7.24. The maximum absolute atomic E-state index is 13.1. The van der Waals surface area contributed by atoms with Crippen molar-refractivity contribution in [3.8, 4) is 0 Å². The second kappa shape index (κ2) is 14.6. The van der Waals surface area contributed by atoms with E-state index in [1.165, 1.54) is 30.0 Å². The number of benzene rings is 3. The molecule has 4 nitrogen and oxygen atoms in total. The Morgan fingerprint density at radius 1 is 0.913 bits per heavy atom. The number of aliphatic imine (C=N–C) groups is 1. The number of nitrogens with zero attached hydrogens (tertiary/aromatic N) is 2. The molecule has 7 heteroatoms. The molecule has 0 aliphatic carbocycles. The molecule has 0 atom stereocenters. The number of carbonyl (C=O) groups is 1. The van der Waals surface area contributed by atoms with Crippen LogP contribution < -0.4 is 0 Å². The van der Waals surface area contributed by atoms with Gasteiger partial charge in [-0.15, -0.1) is 0 Å². The molecule has 3 aromatic carbocycles. The van der Waals surface area contributed by atoms with Gasteiger partial charge in [-0.3, -0.25) is 9.79 Å². The number of alkyl halides is 3. The zero-order chi connectivity index (χ0) is 33.6. The molecule has 1 aromatic heterocycles. The number of rotatable bonds is 9. The van der Waals surface area contributed by atoms with E-state index < -0.39 is 11.7 Å². The lowest BCUT2D eigenvalue weighted by atomic mass is 9.85. The Labute approximate surface area is 271 Å². The topological polar surface area (TPSA) is 43.6 Å². The van der Waals surface area contributed by atoms with Gasteiger partial charge in [-0.05, 0) is 82.3 Å². The van der Waals surface area contributed by atoms with Crippen LogP contribution in [-0.2, 0) is 29.7 Å². The highest BCUT2D eigenvalue weighted by molar-refractivity contribution is 6.08. The van der Waals surface area contributed by atoms with Crippen LogP contribution in [0.25, 0.3) is 10.9 Å². The van der Waals surface area contributed by atoms with Crippen molar-refractivity contribution in [2.45, 2.75) is 99.1 Å². The molecule has 0 amide bonds. The molecule has 2 heterocycles. The first-order valence-electron chi connectivity index (χ1n) is 16.0. The molecule has 0 spiro atoms. The maximum atomic E-state index is 13.1. The van der Waals surface area contributed by atoms with Gasteiger partial charge in [-0.25, -0.2) is 0 Å². The van der Waals surface area contributed by atoms with Gasteiger partial charge in [-0.1, -0.05) is 86.9 Å². The number of allylic oxidation sites excluding steroid dienone is 2. The maximum Gasteiger partial charge on any atom is 0.416 e. The van der Waals surface area contributed by atoms with Gasteiger partial charge in [0, 0.05) is 27.9 Å². The summed E-state index contributed by atoms with van der Waals surface area (Å²) in [5.74, 6) is -0.00477. The number of para-hydroxylation sites is 1. The normalized spacial score (nSPS) is 14.1. The number of fused-ring (bicyclic) bond motifs is 2. The summed E-state index contributed by atoms with van der Waals surface area (Å²) in [6.45, 7) is 14.7. The van der Waals surface area contributed by atoms with E-state index in [-0.39, 0.29) is 11.4 Å². The van der Waals surface area contributed by atoms with Crippen LogP contribution in [0.5, 0.6) is 0 Å². The number of ether oxygens (including phenoxy) is 1.